The summed E-state index contributed by atoms with van der Waals surface area (Å²) >= 11 is 0. The summed E-state index contributed by atoms with van der Waals surface area (Å²) in [4.78, 5) is 20.8. The monoisotopic (exact) mass is 406 g/mol. The average molecular weight is 407 g/mol. The van der Waals surface area contributed by atoms with Gasteiger partial charge in [-0.1, -0.05) is 12.1 Å². The Morgan fingerprint density at radius 1 is 1.10 bits per heavy atom. The van der Waals surface area contributed by atoms with E-state index in [-0.39, 0.29) is 13.2 Å². The Morgan fingerprint density at radius 3 is 2.43 bits per heavy atom. The molecule has 1 atom stereocenters. The fraction of sp³-hybridized carbons (Fsp3) is 0.250. The van der Waals surface area contributed by atoms with E-state index in [0.717, 1.165) is 30.6 Å². The third kappa shape index (κ3) is 4.33. The number of nitrogens with zero attached hydrogens (tertiary/aromatic N) is 3. The van der Waals surface area contributed by atoms with Crippen LogP contribution in [0.1, 0.15) is 18.2 Å². The predicted molar refractivity (Wildman–Crippen MR) is 120 cm³/mol. The Balaban J connectivity index is 0.00000272. The number of benzene rings is 2. The molecule has 1 unspecified atom stereocenters. The minimum atomic E-state index is -0.319. The number of carbonyl (C=O) groups is 1. The number of amides is 1. The second-order valence-corrected chi connectivity index (χ2v) is 7.79. The maximum Gasteiger partial charge on any atom is 0.255 e. The van der Waals surface area contributed by atoms with Crippen LogP contribution in [-0.2, 0) is 0 Å². The minimum absolute atomic E-state index is 0. The summed E-state index contributed by atoms with van der Waals surface area (Å²) in [5, 5.41) is 2.79. The van der Waals surface area contributed by atoms with Gasteiger partial charge < -0.3 is 15.1 Å². The molecule has 1 fully saturated rings. The van der Waals surface area contributed by atoms with Crippen LogP contribution in [0.15, 0.2) is 67.0 Å². The SMILES string of the molecule is CN(C)C1CCN(c2ccc(NC(=O)c3ccc(-c4ccncc4)cc3)cc2F)C1.[HH]. The highest BCUT2D eigenvalue weighted by Crippen LogP contribution is 2.27. The topological polar surface area (TPSA) is 48.5 Å². The molecule has 0 saturated carbocycles. The zero-order valence-electron chi connectivity index (χ0n) is 17.2. The summed E-state index contributed by atoms with van der Waals surface area (Å²) < 4.78 is 14.7. The van der Waals surface area contributed by atoms with Gasteiger partial charge in [0.1, 0.15) is 5.82 Å². The molecular formula is C24H27FN4O. The van der Waals surface area contributed by atoms with E-state index in [4.69, 9.17) is 0 Å². The van der Waals surface area contributed by atoms with Crippen molar-refractivity contribution in [3.63, 3.8) is 0 Å². The Morgan fingerprint density at radius 2 is 1.80 bits per heavy atom. The van der Waals surface area contributed by atoms with E-state index in [2.05, 4.69) is 20.1 Å². The van der Waals surface area contributed by atoms with Crippen molar-refractivity contribution in [2.24, 2.45) is 0 Å². The van der Waals surface area contributed by atoms with Crippen LogP contribution in [0.5, 0.6) is 0 Å². The van der Waals surface area contributed by atoms with E-state index in [0.29, 0.717) is 23.0 Å². The van der Waals surface area contributed by atoms with Gasteiger partial charge in [-0.25, -0.2) is 4.39 Å². The third-order valence-electron chi connectivity index (χ3n) is 5.60. The Hall–Kier alpha value is -3.25. The molecule has 1 aromatic heterocycles. The first kappa shape index (κ1) is 20.0. The van der Waals surface area contributed by atoms with Crippen LogP contribution in [0.3, 0.4) is 0 Å². The summed E-state index contributed by atoms with van der Waals surface area (Å²) in [5.74, 6) is -0.586. The van der Waals surface area contributed by atoms with Crippen LogP contribution in [0.25, 0.3) is 11.1 Å². The fourth-order valence-corrected chi connectivity index (χ4v) is 3.78. The zero-order valence-corrected chi connectivity index (χ0v) is 17.2. The maximum absolute atomic E-state index is 14.7. The quantitative estimate of drug-likeness (QED) is 0.677. The molecule has 1 amide bonds. The van der Waals surface area contributed by atoms with Gasteiger partial charge in [-0.05, 0) is 74.1 Å². The number of rotatable bonds is 5. The average Bonchev–Trinajstić information content (AvgIpc) is 3.25. The van der Waals surface area contributed by atoms with Crippen molar-refractivity contribution in [2.45, 2.75) is 12.5 Å². The van der Waals surface area contributed by atoms with Gasteiger partial charge in [0.2, 0.25) is 0 Å². The first-order valence-corrected chi connectivity index (χ1v) is 10.0. The number of pyridine rings is 1. The van der Waals surface area contributed by atoms with Crippen molar-refractivity contribution < 1.29 is 10.6 Å². The van der Waals surface area contributed by atoms with E-state index >= 15 is 0 Å². The first-order chi connectivity index (χ1) is 14.5. The third-order valence-corrected chi connectivity index (χ3v) is 5.60. The van der Waals surface area contributed by atoms with Crippen molar-refractivity contribution in [2.75, 3.05) is 37.4 Å². The number of anilines is 2. The molecule has 0 bridgehead atoms. The van der Waals surface area contributed by atoms with Gasteiger partial charge >= 0.3 is 0 Å². The highest BCUT2D eigenvalue weighted by atomic mass is 19.1. The fourth-order valence-electron chi connectivity index (χ4n) is 3.78. The van der Waals surface area contributed by atoms with E-state index < -0.39 is 0 Å². The molecule has 1 N–H and O–H groups in total. The number of aromatic nitrogens is 1. The molecule has 0 aliphatic carbocycles. The molecule has 3 aromatic rings. The second-order valence-electron chi connectivity index (χ2n) is 7.79. The molecular weight excluding hydrogens is 379 g/mol. The molecule has 156 valence electrons. The van der Waals surface area contributed by atoms with Crippen LogP contribution < -0.4 is 10.2 Å². The standard InChI is InChI=1S/C24H25FN4O.H2/c1-28(2)21-11-14-29(16-21)23-8-7-20(15-22(23)25)27-24(30)19-5-3-17(4-6-19)18-9-12-26-13-10-18;/h3-10,12-13,15,21H,11,14,16H2,1-2H3,(H,27,30);1H. The van der Waals surface area contributed by atoms with Gasteiger partial charge in [-0.15, -0.1) is 0 Å². The lowest BCUT2D eigenvalue weighted by atomic mass is 10.0. The summed E-state index contributed by atoms with van der Waals surface area (Å²) in [6, 6.07) is 16.5. The van der Waals surface area contributed by atoms with Crippen molar-refractivity contribution >= 4 is 17.3 Å². The summed E-state index contributed by atoms with van der Waals surface area (Å²) in [6.07, 6.45) is 4.48. The highest BCUT2D eigenvalue weighted by Gasteiger charge is 2.25. The van der Waals surface area contributed by atoms with E-state index in [1.54, 1.807) is 36.7 Å². The van der Waals surface area contributed by atoms with Gasteiger partial charge in [-0.3, -0.25) is 9.78 Å². The van der Waals surface area contributed by atoms with Crippen LogP contribution in [0.4, 0.5) is 15.8 Å². The molecule has 2 aromatic carbocycles. The maximum atomic E-state index is 14.7. The van der Waals surface area contributed by atoms with Crippen LogP contribution in [0.2, 0.25) is 0 Å². The number of hydrogen-bond donors (Lipinski definition) is 1. The van der Waals surface area contributed by atoms with E-state index in [1.165, 1.54) is 6.07 Å². The minimum Gasteiger partial charge on any atom is -0.368 e. The van der Waals surface area contributed by atoms with Gasteiger partial charge in [0.15, 0.2) is 0 Å². The predicted octanol–water partition coefficient (Wildman–Crippen LogP) is 4.53. The number of nitrogens with one attached hydrogen (secondary N) is 1. The number of hydrogen-bond acceptors (Lipinski definition) is 4. The van der Waals surface area contributed by atoms with Crippen LogP contribution in [-0.4, -0.2) is 49.0 Å². The van der Waals surface area contributed by atoms with Crippen molar-refractivity contribution in [3.05, 3.63) is 78.4 Å². The van der Waals surface area contributed by atoms with Crippen molar-refractivity contribution in [1.29, 1.82) is 0 Å². The lowest BCUT2D eigenvalue weighted by Crippen LogP contribution is -2.31. The number of likely N-dealkylation sites (N-methyl/N-ethyl adjacent to an activating group) is 1. The summed E-state index contributed by atoms with van der Waals surface area (Å²) in [7, 11) is 4.10. The summed E-state index contributed by atoms with van der Waals surface area (Å²) in [6.45, 7) is 1.63. The van der Waals surface area contributed by atoms with Gasteiger partial charge in [0.05, 0.1) is 5.69 Å². The Kier molecular flexibility index (Phi) is 5.77. The van der Waals surface area contributed by atoms with Crippen LogP contribution >= 0.6 is 0 Å². The molecule has 6 heteroatoms. The molecule has 0 spiro atoms. The van der Waals surface area contributed by atoms with Gasteiger partial charge in [0.25, 0.3) is 5.91 Å². The number of carbonyl (C=O) groups excluding carboxylic acids is 1. The lowest BCUT2D eigenvalue weighted by Gasteiger charge is -2.22. The largest absolute Gasteiger partial charge is 0.368 e. The molecule has 4 rings (SSSR count). The lowest BCUT2D eigenvalue weighted by molar-refractivity contribution is 0.102. The molecule has 5 nitrogen and oxygen atoms in total. The molecule has 2 heterocycles. The van der Waals surface area contributed by atoms with E-state index in [9.17, 15) is 9.18 Å². The molecule has 30 heavy (non-hydrogen) atoms. The van der Waals surface area contributed by atoms with Gasteiger partial charge in [0, 0.05) is 44.2 Å². The normalized spacial score (nSPS) is 16.1. The van der Waals surface area contributed by atoms with E-state index in [1.807, 2.05) is 38.4 Å². The highest BCUT2D eigenvalue weighted by molar-refractivity contribution is 6.04. The summed E-state index contributed by atoms with van der Waals surface area (Å²) in [5.41, 5.74) is 3.59. The van der Waals surface area contributed by atoms with Crippen molar-refractivity contribution in [1.82, 2.24) is 9.88 Å². The second kappa shape index (κ2) is 8.63. The first-order valence-electron chi connectivity index (χ1n) is 10.0. The number of halogens is 1. The van der Waals surface area contributed by atoms with Crippen molar-refractivity contribution in [3.8, 4) is 11.1 Å². The Labute approximate surface area is 177 Å². The zero-order chi connectivity index (χ0) is 21.1. The molecule has 0 radical (unpaired) electrons. The molecule has 1 saturated heterocycles. The molecule has 1 aliphatic rings. The molecule has 1 aliphatic heterocycles. The Bertz CT molecular complexity index is 1030. The smallest absolute Gasteiger partial charge is 0.255 e. The van der Waals surface area contributed by atoms with Crippen LogP contribution in [0, 0.1) is 5.82 Å². The van der Waals surface area contributed by atoms with Gasteiger partial charge in [-0.2, -0.15) is 0 Å².